The van der Waals surface area contributed by atoms with E-state index in [1.54, 1.807) is 0 Å². The predicted octanol–water partition coefficient (Wildman–Crippen LogP) is 3.70. The molecule has 12 atom stereocenters. The Labute approximate surface area is 292 Å². The van der Waals surface area contributed by atoms with Gasteiger partial charge in [-0.2, -0.15) is 0 Å². The summed E-state index contributed by atoms with van der Waals surface area (Å²) >= 11 is 0. The predicted molar refractivity (Wildman–Crippen MR) is 187 cm³/mol. The minimum Gasteiger partial charge on any atom is -0.392 e. The zero-order valence-corrected chi connectivity index (χ0v) is 28.2. The average Bonchev–Trinajstić information content (AvgIpc) is 3.83. The van der Waals surface area contributed by atoms with E-state index in [-0.39, 0.29) is 71.4 Å². The largest absolute Gasteiger partial charge is 0.392 e. The van der Waals surface area contributed by atoms with E-state index in [0.29, 0.717) is 30.9 Å². The lowest BCUT2D eigenvalue weighted by atomic mass is 9.53. The Morgan fingerprint density at radius 2 is 1.68 bits per heavy atom. The number of aliphatic hydroxyl groups is 1. The molecule has 8 heteroatoms. The second kappa shape index (κ2) is 9.08. The molecule has 1 N–H and O–H groups in total. The van der Waals surface area contributed by atoms with E-state index < -0.39 is 0 Å². The van der Waals surface area contributed by atoms with Crippen molar-refractivity contribution in [2.75, 3.05) is 42.6 Å². The minimum absolute atomic E-state index is 0.0317. The number of amides is 2. The lowest BCUT2D eigenvalue weighted by Crippen LogP contribution is -2.69. The fraction of sp³-hybridized carbons (Fsp3) is 0.524. The molecule has 2 saturated carbocycles. The van der Waals surface area contributed by atoms with Gasteiger partial charge in [0.25, 0.3) is 5.91 Å². The Morgan fingerprint density at radius 1 is 0.900 bits per heavy atom. The molecule has 9 heterocycles. The van der Waals surface area contributed by atoms with Crippen LogP contribution in [0.15, 0.2) is 83.5 Å². The summed E-state index contributed by atoms with van der Waals surface area (Å²) < 4.78 is 6.53. The van der Waals surface area contributed by atoms with E-state index >= 15 is 4.79 Å². The maximum atomic E-state index is 15.5. The van der Waals surface area contributed by atoms with E-state index in [2.05, 4.69) is 86.4 Å². The Balaban J connectivity index is 1.02. The van der Waals surface area contributed by atoms with Crippen molar-refractivity contribution in [1.29, 1.82) is 0 Å². The van der Waals surface area contributed by atoms with Crippen molar-refractivity contribution >= 4 is 23.2 Å². The molecule has 11 aliphatic rings. The Bertz CT molecular complexity index is 2060. The van der Waals surface area contributed by atoms with Crippen molar-refractivity contribution in [3.8, 4) is 0 Å². The number of hydrogen-bond donors (Lipinski definition) is 1. The van der Waals surface area contributed by atoms with Crippen molar-refractivity contribution < 1.29 is 19.4 Å². The third-order valence-corrected chi connectivity index (χ3v) is 16.3. The summed E-state index contributed by atoms with van der Waals surface area (Å²) in [7, 11) is 0. The van der Waals surface area contributed by atoms with Crippen LogP contribution >= 0.6 is 0 Å². The normalized spacial score (nSPS) is 46.1. The number of carbonyl (C=O) groups is 2. The number of aliphatic hydroxyl groups excluding tert-OH is 1. The summed E-state index contributed by atoms with van der Waals surface area (Å²) in [4.78, 5) is 39.5. The Hall–Kier alpha value is -3.56. The first-order valence-electron chi connectivity index (χ1n) is 19.2. The highest BCUT2D eigenvalue weighted by Gasteiger charge is 2.74. The fourth-order valence-corrected chi connectivity index (χ4v) is 15.0. The number of hydrogen-bond acceptors (Lipinski definition) is 6. The zero-order chi connectivity index (χ0) is 32.8. The molecule has 0 aromatic heterocycles. The van der Waals surface area contributed by atoms with Crippen molar-refractivity contribution in [2.24, 2.45) is 23.7 Å². The maximum Gasteiger partial charge on any atom is 0.255 e. The quantitative estimate of drug-likeness (QED) is 0.493. The van der Waals surface area contributed by atoms with E-state index in [9.17, 15) is 9.90 Å². The molecule has 0 radical (unpaired) electrons. The van der Waals surface area contributed by atoms with Crippen molar-refractivity contribution in [3.05, 3.63) is 94.6 Å². The van der Waals surface area contributed by atoms with Gasteiger partial charge in [0.05, 0.1) is 37.8 Å². The summed E-state index contributed by atoms with van der Waals surface area (Å²) in [5, 5.41) is 10.2. The SMILES string of the molecule is O=C1C[C@@H]2OCC=C3CN4[C@@H](C5=C[C@H]6[C@@H]7N(C5=O)c5ccccc5[C@@]75CCN7CC(=CCO)[C@@H]6C[C@H]75)C[C@]56c7ccccc7N1[C@H]5[C@H]2[C@H]3C[C@H]46. The minimum atomic E-state index is -0.242. The van der Waals surface area contributed by atoms with Gasteiger partial charge in [0, 0.05) is 70.8 Å². The van der Waals surface area contributed by atoms with Crippen LogP contribution < -0.4 is 9.80 Å². The number of carbonyl (C=O) groups excluding carboxylic acids is 2. The van der Waals surface area contributed by atoms with Gasteiger partial charge in [-0.1, -0.05) is 65.8 Å². The molecule has 8 nitrogen and oxygen atoms in total. The summed E-state index contributed by atoms with van der Waals surface area (Å²) in [5.74, 6) is 1.58. The lowest BCUT2D eigenvalue weighted by Gasteiger charge is -2.59. The van der Waals surface area contributed by atoms with Crippen molar-refractivity contribution in [3.63, 3.8) is 0 Å². The first kappa shape index (κ1) is 28.1. The average molecular weight is 667 g/mol. The highest BCUT2D eigenvalue weighted by Crippen LogP contribution is 2.69. The molecule has 0 unspecified atom stereocenters. The van der Waals surface area contributed by atoms with E-state index in [0.717, 1.165) is 62.3 Å². The van der Waals surface area contributed by atoms with Gasteiger partial charge >= 0.3 is 0 Å². The van der Waals surface area contributed by atoms with Gasteiger partial charge in [-0.25, -0.2) is 0 Å². The van der Waals surface area contributed by atoms with Gasteiger partial charge in [-0.15, -0.1) is 0 Å². The van der Waals surface area contributed by atoms with Gasteiger partial charge in [0.2, 0.25) is 5.91 Å². The summed E-state index contributed by atoms with van der Waals surface area (Å²) in [6.45, 7) is 3.45. The summed E-state index contributed by atoms with van der Waals surface area (Å²) in [6, 6.07) is 18.4. The number of fused-ring (bicyclic) bond motifs is 6. The molecular formula is C42H42N4O4. The number of piperidine rings is 3. The van der Waals surface area contributed by atoms with Crippen LogP contribution in [-0.2, 0) is 25.2 Å². The van der Waals surface area contributed by atoms with Crippen molar-refractivity contribution in [2.45, 2.75) is 79.2 Å². The highest BCUT2D eigenvalue weighted by atomic mass is 16.5. The molecule has 7 fully saturated rings. The highest BCUT2D eigenvalue weighted by molar-refractivity contribution is 6.10. The third kappa shape index (κ3) is 2.89. The molecule has 254 valence electrons. The van der Waals surface area contributed by atoms with Crippen LogP contribution in [-0.4, -0.2) is 95.9 Å². The fourth-order valence-electron chi connectivity index (χ4n) is 15.0. The molecule has 2 amide bonds. The number of ether oxygens (including phenoxy) is 1. The second-order valence-electron chi connectivity index (χ2n) is 17.4. The molecule has 2 spiro atoms. The second-order valence-corrected chi connectivity index (χ2v) is 17.4. The van der Waals surface area contributed by atoms with Crippen molar-refractivity contribution in [1.82, 2.24) is 9.80 Å². The third-order valence-electron chi connectivity index (χ3n) is 16.3. The van der Waals surface area contributed by atoms with Crippen LogP contribution in [0.4, 0.5) is 11.4 Å². The molecule has 5 saturated heterocycles. The molecule has 2 aliphatic carbocycles. The summed E-state index contributed by atoms with van der Waals surface area (Å²) in [6.07, 6.45) is 11.3. The van der Waals surface area contributed by atoms with Gasteiger partial charge in [0.15, 0.2) is 0 Å². The molecular weight excluding hydrogens is 624 g/mol. The Kier molecular flexibility index (Phi) is 5.10. The number of benzene rings is 2. The molecule has 13 rings (SSSR count). The van der Waals surface area contributed by atoms with Gasteiger partial charge < -0.3 is 19.6 Å². The smallest absolute Gasteiger partial charge is 0.255 e. The van der Waals surface area contributed by atoms with Crippen LogP contribution in [0.3, 0.4) is 0 Å². The first-order chi connectivity index (χ1) is 24.5. The van der Waals surface area contributed by atoms with Gasteiger partial charge in [-0.05, 0) is 67.3 Å². The summed E-state index contributed by atoms with van der Waals surface area (Å²) in [5.41, 5.74) is 8.39. The first-order valence-corrected chi connectivity index (χ1v) is 19.2. The van der Waals surface area contributed by atoms with Crippen LogP contribution in [0.2, 0.25) is 0 Å². The number of nitrogens with zero attached hydrogens (tertiary/aromatic N) is 4. The van der Waals surface area contributed by atoms with Crippen LogP contribution in [0.5, 0.6) is 0 Å². The molecule has 4 bridgehead atoms. The Morgan fingerprint density at radius 3 is 2.52 bits per heavy atom. The standard InChI is InChI=1S/C42H42N4O4/c47-13-9-22-20-43-12-11-41-28-5-1-4-8-31(28)46-38(41)26(24(22)16-34(41)43)15-27(40(46)49)32-19-42-29-6-2-3-7-30(29)45-36(48)18-33-37(39(42)45)25-17-35(42)44(32)21-23(25)10-14-50-33/h1-10,15,24-26,32-35,37-39,47H,11-14,16-21H2/t24-,25-,26+,32+,33-,34-,35-,37-,38-,39-,41+,42+/m0/s1. The molecule has 2 aromatic rings. The zero-order valence-electron chi connectivity index (χ0n) is 28.2. The van der Waals surface area contributed by atoms with Crippen LogP contribution in [0.25, 0.3) is 0 Å². The molecule has 50 heavy (non-hydrogen) atoms. The topological polar surface area (TPSA) is 76.6 Å². The number of para-hydroxylation sites is 2. The van der Waals surface area contributed by atoms with Crippen LogP contribution in [0.1, 0.15) is 43.2 Å². The van der Waals surface area contributed by atoms with Gasteiger partial charge in [-0.3, -0.25) is 19.4 Å². The molecule has 2 aromatic carbocycles. The molecule has 9 aliphatic heterocycles. The number of anilines is 2. The number of rotatable bonds is 2. The van der Waals surface area contributed by atoms with Gasteiger partial charge in [0.1, 0.15) is 0 Å². The van der Waals surface area contributed by atoms with Crippen LogP contribution in [0, 0.1) is 23.7 Å². The van der Waals surface area contributed by atoms with E-state index in [1.165, 1.54) is 22.3 Å². The maximum absolute atomic E-state index is 15.5. The van der Waals surface area contributed by atoms with E-state index in [1.807, 2.05) is 0 Å². The van der Waals surface area contributed by atoms with E-state index in [4.69, 9.17) is 4.74 Å². The monoisotopic (exact) mass is 666 g/mol. The lowest BCUT2D eigenvalue weighted by molar-refractivity contribution is -0.132.